The molecule has 0 aliphatic carbocycles. The van der Waals surface area contributed by atoms with Crippen LogP contribution in [-0.4, -0.2) is 33.8 Å². The van der Waals surface area contributed by atoms with Gasteiger partial charge in [-0.3, -0.25) is 14.3 Å². The maximum absolute atomic E-state index is 13.2. The molecule has 1 rings (SSSR count). The number of carbonyl (C=O) groups excluding carboxylic acids is 3. The van der Waals surface area contributed by atoms with Crippen LogP contribution in [-0.2, 0) is 24.2 Å². The molecule has 1 unspecified atom stereocenters. The number of alkyl carbamates (subject to hydrolysis) is 1. The molecule has 0 bridgehead atoms. The maximum Gasteiger partial charge on any atom is 0.408 e. The second-order valence-corrected chi connectivity index (χ2v) is 11.0. The fourth-order valence-electron chi connectivity index (χ4n) is 2.09. The number of rotatable bonds is 6. The molecule has 0 aliphatic rings. The Morgan fingerprint density at radius 1 is 1.32 bits per heavy atom. The summed E-state index contributed by atoms with van der Waals surface area (Å²) in [5, 5.41) is 4.30. The lowest BCUT2D eigenvalue weighted by molar-refractivity contribution is -0.120. The number of nitrogens with one attached hydrogen (secondary N) is 2. The third-order valence-corrected chi connectivity index (χ3v) is 6.71. The van der Waals surface area contributed by atoms with Gasteiger partial charge in [0.25, 0.3) is 5.91 Å². The van der Waals surface area contributed by atoms with Crippen LogP contribution >= 0.6 is 22.9 Å². The highest BCUT2D eigenvalue weighted by Gasteiger charge is 2.28. The van der Waals surface area contributed by atoms with E-state index in [1.807, 2.05) is 13.8 Å². The largest absolute Gasteiger partial charge is 0.444 e. The highest BCUT2D eigenvalue weighted by Crippen LogP contribution is 2.25. The van der Waals surface area contributed by atoms with Crippen molar-refractivity contribution < 1.29 is 23.3 Å². The Hall–Kier alpha value is -1.65. The molecule has 28 heavy (non-hydrogen) atoms. The molecular formula is C17H26ClN3O5S2. The standard InChI is InChI=1S/C17H26ClN3O5S2/c1-10(2)7-13(19-16(24)26-17(4,5)6)15(23)21-28(25,20-11(3)22)14-8-12(18)9-27-14/h8-10,13H,7H2,1-6H3,(H,19,24)(H,20,21,22,23,25)/t13-,28?/m0/s1. The van der Waals surface area contributed by atoms with E-state index < -0.39 is 39.5 Å². The van der Waals surface area contributed by atoms with Gasteiger partial charge in [0.1, 0.15) is 15.9 Å². The normalized spacial score (nSPS) is 14.7. The van der Waals surface area contributed by atoms with Crippen molar-refractivity contribution in [2.24, 2.45) is 10.3 Å². The summed E-state index contributed by atoms with van der Waals surface area (Å²) in [5.41, 5.74) is -0.746. The van der Waals surface area contributed by atoms with E-state index in [2.05, 4.69) is 14.4 Å². The lowest BCUT2D eigenvalue weighted by atomic mass is 10.0. The van der Waals surface area contributed by atoms with E-state index in [0.29, 0.717) is 5.02 Å². The zero-order valence-electron chi connectivity index (χ0n) is 16.7. The third kappa shape index (κ3) is 8.15. The highest BCUT2D eigenvalue weighted by molar-refractivity contribution is 7.94. The molecule has 0 fully saturated rings. The number of hydrogen-bond donors (Lipinski definition) is 2. The van der Waals surface area contributed by atoms with Gasteiger partial charge in [-0.05, 0) is 39.2 Å². The summed E-state index contributed by atoms with van der Waals surface area (Å²) < 4.78 is 24.5. The van der Waals surface area contributed by atoms with Gasteiger partial charge in [-0.15, -0.1) is 15.7 Å². The first-order valence-electron chi connectivity index (χ1n) is 8.55. The molecule has 3 amide bonds. The number of nitrogens with zero attached hydrogens (tertiary/aromatic N) is 1. The van der Waals surface area contributed by atoms with Crippen LogP contribution in [0.25, 0.3) is 0 Å². The first kappa shape index (κ1) is 24.4. The summed E-state index contributed by atoms with van der Waals surface area (Å²) in [7, 11) is -3.58. The molecule has 8 nitrogen and oxygen atoms in total. The van der Waals surface area contributed by atoms with Gasteiger partial charge in [0.15, 0.2) is 9.92 Å². The number of carbonyl (C=O) groups is 3. The lowest BCUT2D eigenvalue weighted by Gasteiger charge is -2.23. The topological polar surface area (TPSA) is 114 Å². The van der Waals surface area contributed by atoms with E-state index in [-0.39, 0.29) is 16.5 Å². The van der Waals surface area contributed by atoms with Gasteiger partial charge in [0, 0.05) is 12.3 Å². The van der Waals surface area contributed by atoms with E-state index in [0.717, 1.165) is 11.3 Å². The Morgan fingerprint density at radius 3 is 2.36 bits per heavy atom. The van der Waals surface area contributed by atoms with Crippen molar-refractivity contribution in [2.75, 3.05) is 0 Å². The SMILES string of the molecule is CC(=O)NS(=O)(=NC(=O)[C@H](CC(C)C)NC(=O)OC(C)(C)C)c1cc(Cl)cs1. The van der Waals surface area contributed by atoms with Gasteiger partial charge in [0.05, 0.1) is 5.02 Å². The number of halogens is 1. The average molecular weight is 452 g/mol. The van der Waals surface area contributed by atoms with Crippen molar-refractivity contribution in [3.05, 3.63) is 16.5 Å². The van der Waals surface area contributed by atoms with E-state index in [1.165, 1.54) is 18.4 Å². The molecule has 2 atom stereocenters. The van der Waals surface area contributed by atoms with E-state index in [4.69, 9.17) is 16.3 Å². The minimum atomic E-state index is -3.58. The molecule has 11 heteroatoms. The monoisotopic (exact) mass is 451 g/mol. The fraction of sp³-hybridized carbons (Fsp3) is 0.588. The second kappa shape index (κ2) is 9.71. The molecule has 1 aromatic heterocycles. The van der Waals surface area contributed by atoms with Gasteiger partial charge in [0.2, 0.25) is 5.91 Å². The summed E-state index contributed by atoms with van der Waals surface area (Å²) in [6, 6.07) is 0.319. The van der Waals surface area contributed by atoms with E-state index in [1.54, 1.807) is 20.8 Å². The van der Waals surface area contributed by atoms with Crippen LogP contribution in [0.2, 0.25) is 5.02 Å². The Kier molecular flexibility index (Phi) is 8.45. The Balaban J connectivity index is 3.24. The van der Waals surface area contributed by atoms with Crippen molar-refractivity contribution in [2.45, 2.75) is 63.8 Å². The van der Waals surface area contributed by atoms with Gasteiger partial charge < -0.3 is 10.1 Å². The van der Waals surface area contributed by atoms with Crippen LogP contribution in [0.4, 0.5) is 4.79 Å². The van der Waals surface area contributed by atoms with Crippen LogP contribution in [0, 0.1) is 5.92 Å². The third-order valence-electron chi connectivity index (χ3n) is 3.01. The second-order valence-electron chi connectivity index (χ2n) is 7.53. The maximum atomic E-state index is 13.2. The minimum Gasteiger partial charge on any atom is -0.444 e. The summed E-state index contributed by atoms with van der Waals surface area (Å²) in [6.45, 7) is 9.98. The predicted octanol–water partition coefficient (Wildman–Crippen LogP) is 3.75. The van der Waals surface area contributed by atoms with E-state index >= 15 is 0 Å². The molecule has 158 valence electrons. The van der Waals surface area contributed by atoms with Gasteiger partial charge >= 0.3 is 6.09 Å². The van der Waals surface area contributed by atoms with Gasteiger partial charge in [-0.25, -0.2) is 9.00 Å². The van der Waals surface area contributed by atoms with Crippen LogP contribution in [0.1, 0.15) is 48.0 Å². The zero-order chi connectivity index (χ0) is 21.7. The highest BCUT2D eigenvalue weighted by atomic mass is 35.5. The summed E-state index contributed by atoms with van der Waals surface area (Å²) in [4.78, 5) is 36.4. The minimum absolute atomic E-state index is 0.0343. The Labute approximate surface area is 174 Å². The molecule has 0 aliphatic heterocycles. The molecule has 1 aromatic rings. The Bertz CT molecular complexity index is 851. The van der Waals surface area contributed by atoms with Crippen LogP contribution in [0.5, 0.6) is 0 Å². The Morgan fingerprint density at radius 2 is 1.93 bits per heavy atom. The average Bonchev–Trinajstić information content (AvgIpc) is 2.90. The van der Waals surface area contributed by atoms with E-state index in [9.17, 15) is 18.6 Å². The van der Waals surface area contributed by atoms with Crippen LogP contribution < -0.4 is 10.0 Å². The molecule has 2 N–H and O–H groups in total. The van der Waals surface area contributed by atoms with Gasteiger partial charge in [-0.1, -0.05) is 25.4 Å². The van der Waals surface area contributed by atoms with Crippen molar-refractivity contribution in [1.29, 1.82) is 0 Å². The first-order chi connectivity index (χ1) is 12.7. The summed E-state index contributed by atoms with van der Waals surface area (Å²) in [6.07, 6.45) is -0.533. The molecule has 0 saturated carbocycles. The van der Waals surface area contributed by atoms with Gasteiger partial charge in [-0.2, -0.15) is 0 Å². The van der Waals surface area contributed by atoms with Crippen LogP contribution in [0.3, 0.4) is 0 Å². The summed E-state index contributed by atoms with van der Waals surface area (Å²) >= 11 is 6.88. The molecule has 0 spiro atoms. The van der Waals surface area contributed by atoms with Crippen molar-refractivity contribution in [3.8, 4) is 0 Å². The van der Waals surface area contributed by atoms with Crippen molar-refractivity contribution in [1.82, 2.24) is 10.0 Å². The molecule has 0 radical (unpaired) electrons. The number of amides is 3. The first-order valence-corrected chi connectivity index (χ1v) is 11.3. The predicted molar refractivity (Wildman–Crippen MR) is 110 cm³/mol. The summed E-state index contributed by atoms with van der Waals surface area (Å²) in [5.74, 6) is -1.42. The van der Waals surface area contributed by atoms with Crippen molar-refractivity contribution >= 4 is 50.8 Å². The zero-order valence-corrected chi connectivity index (χ0v) is 19.1. The smallest absolute Gasteiger partial charge is 0.408 e. The molecule has 0 saturated heterocycles. The number of thiophene rings is 1. The molecule has 1 heterocycles. The van der Waals surface area contributed by atoms with Crippen molar-refractivity contribution in [3.63, 3.8) is 0 Å². The number of hydrogen-bond acceptors (Lipinski definition) is 6. The quantitative estimate of drug-likeness (QED) is 0.683. The lowest BCUT2D eigenvalue weighted by Crippen LogP contribution is -2.44. The number of ether oxygens (including phenoxy) is 1. The molecular weight excluding hydrogens is 426 g/mol. The fourth-order valence-corrected chi connectivity index (χ4v) is 5.15. The van der Waals surface area contributed by atoms with Crippen LogP contribution in [0.15, 0.2) is 20.0 Å². The molecule has 0 aromatic carbocycles.